The maximum atomic E-state index is 6.36. The third kappa shape index (κ3) is 9.08. The largest absolute Gasteiger partial charge is 0.456 e. The van der Waals surface area contributed by atoms with Crippen LogP contribution in [0.1, 0.15) is 50.7 Å². The Morgan fingerprint density at radius 3 is 1.08 bits per heavy atom. The standard InChI is InChI=1S/C82H62N2O/c1-53(2)72-51-74(59-34-40-62(41-35-59)83(61-38-32-56(33-39-61)55-20-8-5-9-21-55)77-29-17-14-26-65(77)57-22-10-6-11-23-57)70-47-45-69-73(54(3)4)52-75(71-48-46-68(72)81(70)82(69)71)60-36-42-63(43-37-60)84(78-30-18-15-27-66(78)58-24-12-7-13-25-58)64-44-49-80-76(50-64)67-28-16-19-31-79(67)85-80/h5-54H,1-4H3. The molecule has 0 bridgehead atoms. The highest BCUT2D eigenvalue weighted by Crippen LogP contribution is 2.50. The maximum Gasteiger partial charge on any atom is 0.135 e. The number of hydrogen-bond acceptors (Lipinski definition) is 3. The summed E-state index contributed by atoms with van der Waals surface area (Å²) in [5.41, 5.74) is 23.0. The van der Waals surface area contributed by atoms with Crippen molar-refractivity contribution in [2.45, 2.75) is 39.5 Å². The number of furan rings is 1. The summed E-state index contributed by atoms with van der Waals surface area (Å²) in [7, 11) is 0. The van der Waals surface area contributed by atoms with E-state index in [0.29, 0.717) is 11.8 Å². The Morgan fingerprint density at radius 1 is 0.247 bits per heavy atom. The van der Waals surface area contributed by atoms with Crippen LogP contribution in [0.4, 0.5) is 34.1 Å². The summed E-state index contributed by atoms with van der Waals surface area (Å²) < 4.78 is 6.36. The number of rotatable bonds is 13. The number of para-hydroxylation sites is 3. The molecule has 3 nitrogen and oxygen atoms in total. The van der Waals surface area contributed by atoms with Crippen molar-refractivity contribution in [1.82, 2.24) is 0 Å². The number of nitrogens with zero attached hydrogens (tertiary/aromatic N) is 2. The van der Waals surface area contributed by atoms with Crippen molar-refractivity contribution in [3.8, 4) is 55.6 Å². The third-order valence-electron chi connectivity index (χ3n) is 17.4. The summed E-state index contributed by atoms with van der Waals surface area (Å²) >= 11 is 0. The average Bonchev–Trinajstić information content (AvgIpc) is 2.14. The number of benzene rings is 14. The SMILES string of the molecule is CC(C)c1cc(-c2ccc(N(c3ccc(-c4ccccc4)cc3)c3ccccc3-c3ccccc3)cc2)c2ccc3c(C(C)C)cc(-c4ccc(N(c5ccc6oc7ccccc7c6c5)c5ccccc5-c5ccccc5)cc4)c4ccc1c2c43. The van der Waals surface area contributed by atoms with E-state index in [2.05, 4.69) is 323 Å². The zero-order chi connectivity index (χ0) is 57.1. The molecule has 0 amide bonds. The first kappa shape index (κ1) is 51.4. The lowest BCUT2D eigenvalue weighted by Gasteiger charge is -2.28. The number of anilines is 6. The molecule has 3 heteroatoms. The van der Waals surface area contributed by atoms with Gasteiger partial charge in [0.15, 0.2) is 0 Å². The third-order valence-corrected chi connectivity index (χ3v) is 17.4. The van der Waals surface area contributed by atoms with Crippen LogP contribution in [0, 0.1) is 0 Å². The van der Waals surface area contributed by atoms with E-state index in [1.165, 1.54) is 93.5 Å². The normalized spacial score (nSPS) is 11.7. The fraction of sp³-hybridized carbons (Fsp3) is 0.0732. The van der Waals surface area contributed by atoms with Gasteiger partial charge in [0.2, 0.25) is 0 Å². The van der Waals surface area contributed by atoms with Crippen molar-refractivity contribution in [1.29, 1.82) is 0 Å². The number of fused-ring (bicyclic) bond motifs is 3. The minimum atomic E-state index is 0.294. The molecule has 1 heterocycles. The molecule has 0 radical (unpaired) electrons. The lowest BCUT2D eigenvalue weighted by molar-refractivity contribution is 0.669. The van der Waals surface area contributed by atoms with Crippen LogP contribution in [-0.2, 0) is 0 Å². The predicted molar refractivity (Wildman–Crippen MR) is 362 cm³/mol. The zero-order valence-electron chi connectivity index (χ0n) is 48.2. The Labute approximate surface area is 497 Å². The van der Waals surface area contributed by atoms with Crippen LogP contribution in [0.15, 0.2) is 296 Å². The molecule has 14 aromatic carbocycles. The fourth-order valence-corrected chi connectivity index (χ4v) is 13.3. The second-order valence-electron chi connectivity index (χ2n) is 23.1. The van der Waals surface area contributed by atoms with E-state index in [0.717, 1.165) is 61.6 Å². The van der Waals surface area contributed by atoms with Crippen LogP contribution in [0.3, 0.4) is 0 Å². The van der Waals surface area contributed by atoms with Gasteiger partial charge in [-0.1, -0.05) is 234 Å². The Morgan fingerprint density at radius 2 is 0.600 bits per heavy atom. The van der Waals surface area contributed by atoms with E-state index >= 15 is 0 Å². The van der Waals surface area contributed by atoms with Crippen molar-refractivity contribution >= 4 is 88.4 Å². The van der Waals surface area contributed by atoms with Crippen LogP contribution in [0.25, 0.3) is 110 Å². The Kier molecular flexibility index (Phi) is 12.9. The van der Waals surface area contributed by atoms with Crippen molar-refractivity contribution in [2.24, 2.45) is 0 Å². The van der Waals surface area contributed by atoms with Gasteiger partial charge in [0.05, 0.1) is 11.4 Å². The molecule has 0 fully saturated rings. The van der Waals surface area contributed by atoms with Crippen molar-refractivity contribution in [3.05, 3.63) is 302 Å². The van der Waals surface area contributed by atoms with Gasteiger partial charge in [-0.2, -0.15) is 0 Å². The first-order chi connectivity index (χ1) is 41.8. The van der Waals surface area contributed by atoms with Crippen molar-refractivity contribution < 1.29 is 4.42 Å². The summed E-state index contributed by atoms with van der Waals surface area (Å²) in [6.07, 6.45) is 0. The van der Waals surface area contributed by atoms with Crippen LogP contribution >= 0.6 is 0 Å². The van der Waals surface area contributed by atoms with E-state index in [1.54, 1.807) is 0 Å². The molecule has 0 unspecified atom stereocenters. The lowest BCUT2D eigenvalue weighted by Crippen LogP contribution is -2.11. The van der Waals surface area contributed by atoms with E-state index in [-0.39, 0.29) is 0 Å². The van der Waals surface area contributed by atoms with E-state index in [9.17, 15) is 0 Å². The van der Waals surface area contributed by atoms with Crippen molar-refractivity contribution in [2.75, 3.05) is 9.80 Å². The quantitative estimate of drug-likeness (QED) is 0.107. The van der Waals surface area contributed by atoms with Gasteiger partial charge in [-0.25, -0.2) is 0 Å². The van der Waals surface area contributed by atoms with E-state index in [1.807, 2.05) is 6.07 Å². The molecule has 15 rings (SSSR count). The molecule has 15 aromatic rings. The summed E-state index contributed by atoms with van der Waals surface area (Å²) in [6, 6.07) is 107. The highest BCUT2D eigenvalue weighted by molar-refractivity contribution is 6.29. The topological polar surface area (TPSA) is 19.6 Å². The van der Waals surface area contributed by atoms with Gasteiger partial charge >= 0.3 is 0 Å². The molecular formula is C82H62N2O. The molecule has 0 saturated heterocycles. The molecule has 0 atom stereocenters. The van der Waals surface area contributed by atoms with Gasteiger partial charge in [0.25, 0.3) is 0 Å². The van der Waals surface area contributed by atoms with Crippen LogP contribution in [-0.4, -0.2) is 0 Å². The molecule has 0 aliphatic rings. The van der Waals surface area contributed by atoms with Crippen molar-refractivity contribution in [3.63, 3.8) is 0 Å². The molecule has 1 aromatic heterocycles. The first-order valence-corrected chi connectivity index (χ1v) is 29.8. The van der Waals surface area contributed by atoms with Crippen LogP contribution < -0.4 is 9.80 Å². The van der Waals surface area contributed by atoms with Gasteiger partial charge in [0.1, 0.15) is 11.2 Å². The molecule has 0 aliphatic heterocycles. The first-order valence-electron chi connectivity index (χ1n) is 29.8. The molecule has 0 aliphatic carbocycles. The molecule has 0 N–H and O–H groups in total. The Hall–Kier alpha value is -10.5. The predicted octanol–water partition coefficient (Wildman–Crippen LogP) is 24.0. The van der Waals surface area contributed by atoms with E-state index in [4.69, 9.17) is 4.42 Å². The van der Waals surface area contributed by atoms with Gasteiger partial charge in [-0.05, 0) is 185 Å². The van der Waals surface area contributed by atoms with Crippen LogP contribution in [0.5, 0.6) is 0 Å². The smallest absolute Gasteiger partial charge is 0.135 e. The summed E-state index contributed by atoms with van der Waals surface area (Å²) in [5.74, 6) is 0.591. The lowest BCUT2D eigenvalue weighted by atomic mass is 9.81. The van der Waals surface area contributed by atoms with Gasteiger partial charge < -0.3 is 14.2 Å². The minimum absolute atomic E-state index is 0.294. The zero-order valence-corrected chi connectivity index (χ0v) is 48.2. The fourth-order valence-electron chi connectivity index (χ4n) is 13.3. The highest BCUT2D eigenvalue weighted by atomic mass is 16.3. The average molecular weight is 1090 g/mol. The van der Waals surface area contributed by atoms with Gasteiger partial charge in [-0.15, -0.1) is 0 Å². The second kappa shape index (κ2) is 21.4. The van der Waals surface area contributed by atoms with E-state index < -0.39 is 0 Å². The Balaban J connectivity index is 0.864. The number of hydrogen-bond donors (Lipinski definition) is 0. The summed E-state index contributed by atoms with van der Waals surface area (Å²) in [5, 5.41) is 10.1. The molecular weight excluding hydrogens is 1030 g/mol. The highest BCUT2D eigenvalue weighted by Gasteiger charge is 2.25. The van der Waals surface area contributed by atoms with Crippen LogP contribution in [0.2, 0.25) is 0 Å². The summed E-state index contributed by atoms with van der Waals surface area (Å²) in [4.78, 5) is 4.82. The van der Waals surface area contributed by atoms with Gasteiger partial charge in [-0.3, -0.25) is 0 Å². The second-order valence-corrected chi connectivity index (χ2v) is 23.1. The van der Waals surface area contributed by atoms with Gasteiger partial charge in [0, 0.05) is 44.6 Å². The molecule has 406 valence electrons. The molecule has 0 spiro atoms. The monoisotopic (exact) mass is 1090 g/mol. The minimum Gasteiger partial charge on any atom is -0.456 e. The maximum absolute atomic E-state index is 6.36. The molecule has 85 heavy (non-hydrogen) atoms. The summed E-state index contributed by atoms with van der Waals surface area (Å²) in [6.45, 7) is 9.36. The Bertz CT molecular complexity index is 4910. The molecule has 0 saturated carbocycles.